The summed E-state index contributed by atoms with van der Waals surface area (Å²) in [6.07, 6.45) is 0. The van der Waals surface area contributed by atoms with Crippen molar-refractivity contribution in [1.29, 1.82) is 0 Å². The van der Waals surface area contributed by atoms with E-state index in [1.54, 1.807) is 11.3 Å². The van der Waals surface area contributed by atoms with Crippen molar-refractivity contribution in [3.8, 4) is 0 Å². The van der Waals surface area contributed by atoms with Crippen molar-refractivity contribution in [3.05, 3.63) is 63.0 Å². The first-order valence-corrected chi connectivity index (χ1v) is 8.42. The summed E-state index contributed by atoms with van der Waals surface area (Å²) in [6.45, 7) is 8.15. The van der Waals surface area contributed by atoms with Crippen LogP contribution in [0.4, 0.5) is 0 Å². The van der Waals surface area contributed by atoms with Crippen molar-refractivity contribution in [2.24, 2.45) is 12.0 Å². The van der Waals surface area contributed by atoms with E-state index in [0.717, 1.165) is 26.1 Å². The molecule has 0 N–H and O–H groups in total. The number of carbonyl (C=O) groups is 1. The Balaban J connectivity index is 2.18. The van der Waals surface area contributed by atoms with Crippen LogP contribution in [0.1, 0.15) is 32.6 Å². The summed E-state index contributed by atoms with van der Waals surface area (Å²) in [5, 5.41) is 0. The number of aromatic nitrogens is 1. The SMILES string of the molecule is Cc1ccc(C)c(C(=O)N=c2sc3ccc(C)c(C)c3n2C)c1. The smallest absolute Gasteiger partial charge is 0.279 e. The van der Waals surface area contributed by atoms with Gasteiger partial charge in [0.2, 0.25) is 0 Å². The van der Waals surface area contributed by atoms with Crippen LogP contribution in [0, 0.1) is 27.7 Å². The molecule has 0 aliphatic rings. The summed E-state index contributed by atoms with van der Waals surface area (Å²) in [7, 11) is 1.97. The highest BCUT2D eigenvalue weighted by atomic mass is 32.1. The summed E-state index contributed by atoms with van der Waals surface area (Å²) in [5.41, 5.74) is 6.35. The van der Waals surface area contributed by atoms with E-state index < -0.39 is 0 Å². The Morgan fingerprint density at radius 2 is 1.74 bits per heavy atom. The zero-order valence-corrected chi connectivity index (χ0v) is 14.9. The minimum absolute atomic E-state index is 0.178. The van der Waals surface area contributed by atoms with E-state index in [0.29, 0.717) is 5.56 Å². The van der Waals surface area contributed by atoms with Gasteiger partial charge in [-0.15, -0.1) is 0 Å². The van der Waals surface area contributed by atoms with E-state index >= 15 is 0 Å². The van der Waals surface area contributed by atoms with Crippen LogP contribution in [0.3, 0.4) is 0 Å². The average molecular weight is 324 g/mol. The number of benzene rings is 2. The van der Waals surface area contributed by atoms with Crippen LogP contribution in [-0.2, 0) is 7.05 Å². The molecular weight excluding hydrogens is 304 g/mol. The first kappa shape index (κ1) is 15.7. The van der Waals surface area contributed by atoms with E-state index in [-0.39, 0.29) is 5.91 Å². The van der Waals surface area contributed by atoms with Crippen molar-refractivity contribution in [2.45, 2.75) is 27.7 Å². The second-order valence-corrected chi connectivity index (χ2v) is 7.04. The summed E-state index contributed by atoms with van der Waals surface area (Å²) < 4.78 is 3.17. The fraction of sp³-hybridized carbons (Fsp3) is 0.263. The molecule has 0 radical (unpaired) electrons. The molecule has 1 aromatic heterocycles. The Labute approximate surface area is 139 Å². The second kappa shape index (κ2) is 5.78. The summed E-state index contributed by atoms with van der Waals surface area (Å²) >= 11 is 1.56. The van der Waals surface area contributed by atoms with Crippen LogP contribution in [0.25, 0.3) is 10.2 Å². The molecule has 1 amide bonds. The monoisotopic (exact) mass is 324 g/mol. The lowest BCUT2D eigenvalue weighted by atomic mass is 10.1. The predicted molar refractivity (Wildman–Crippen MR) is 96.1 cm³/mol. The average Bonchev–Trinajstić information content (AvgIpc) is 2.82. The zero-order chi connectivity index (χ0) is 16.7. The number of amides is 1. The minimum Gasteiger partial charge on any atom is -0.319 e. The molecule has 0 aliphatic heterocycles. The largest absolute Gasteiger partial charge is 0.319 e. The van der Waals surface area contributed by atoms with Gasteiger partial charge in [-0.2, -0.15) is 4.99 Å². The quantitative estimate of drug-likeness (QED) is 0.660. The second-order valence-electron chi connectivity index (χ2n) is 6.03. The molecule has 1 heterocycles. The number of nitrogens with zero attached hydrogens (tertiary/aromatic N) is 2. The summed E-state index contributed by atoms with van der Waals surface area (Å²) in [6, 6.07) is 10.1. The fourth-order valence-corrected chi connectivity index (χ4v) is 3.83. The van der Waals surface area contributed by atoms with Gasteiger partial charge in [0.05, 0.1) is 10.2 Å². The molecule has 2 aromatic carbocycles. The van der Waals surface area contributed by atoms with Gasteiger partial charge >= 0.3 is 0 Å². The Morgan fingerprint density at radius 1 is 1.04 bits per heavy atom. The standard InChI is InChI=1S/C19H20N2OS/c1-11-6-7-13(3)15(10-11)18(22)20-19-21(5)17-14(4)12(2)8-9-16(17)23-19/h6-10H,1-5H3. The number of thiazole rings is 1. The van der Waals surface area contributed by atoms with Gasteiger partial charge in [0.15, 0.2) is 4.80 Å². The molecule has 0 unspecified atom stereocenters. The van der Waals surface area contributed by atoms with Crippen molar-refractivity contribution < 1.29 is 4.79 Å². The van der Waals surface area contributed by atoms with Gasteiger partial charge in [0.1, 0.15) is 0 Å². The Hall–Kier alpha value is -2.20. The third-order valence-electron chi connectivity index (χ3n) is 4.31. The topological polar surface area (TPSA) is 34.4 Å². The lowest BCUT2D eigenvalue weighted by Crippen LogP contribution is -2.14. The van der Waals surface area contributed by atoms with Crippen LogP contribution in [0.15, 0.2) is 35.3 Å². The maximum Gasteiger partial charge on any atom is 0.279 e. The molecule has 118 valence electrons. The molecular formula is C19H20N2OS. The third-order valence-corrected chi connectivity index (χ3v) is 5.41. The van der Waals surface area contributed by atoms with Gasteiger partial charge in [-0.1, -0.05) is 35.1 Å². The molecule has 0 spiro atoms. The molecule has 3 aromatic rings. The van der Waals surface area contributed by atoms with Crippen LogP contribution >= 0.6 is 11.3 Å². The van der Waals surface area contributed by atoms with Crippen molar-refractivity contribution in [3.63, 3.8) is 0 Å². The molecule has 4 heteroatoms. The maximum absolute atomic E-state index is 12.6. The first-order valence-electron chi connectivity index (χ1n) is 7.60. The molecule has 0 saturated heterocycles. The first-order chi connectivity index (χ1) is 10.9. The van der Waals surface area contributed by atoms with Gasteiger partial charge in [-0.3, -0.25) is 4.79 Å². The van der Waals surface area contributed by atoms with Gasteiger partial charge in [-0.05, 0) is 56.5 Å². The molecule has 3 rings (SSSR count). The molecule has 0 bridgehead atoms. The maximum atomic E-state index is 12.6. The normalized spacial score (nSPS) is 12.1. The fourth-order valence-electron chi connectivity index (χ4n) is 2.75. The Kier molecular flexibility index (Phi) is 3.94. The molecule has 0 saturated carbocycles. The lowest BCUT2D eigenvalue weighted by molar-refractivity contribution is 0.0997. The van der Waals surface area contributed by atoms with Crippen molar-refractivity contribution in [2.75, 3.05) is 0 Å². The Bertz CT molecular complexity index is 993. The zero-order valence-electron chi connectivity index (χ0n) is 14.1. The van der Waals surface area contributed by atoms with E-state index in [1.807, 2.05) is 43.7 Å². The molecule has 0 aliphatic carbocycles. The molecule has 0 fully saturated rings. The lowest BCUT2D eigenvalue weighted by Gasteiger charge is -2.04. The van der Waals surface area contributed by atoms with Gasteiger partial charge in [0, 0.05) is 12.6 Å². The number of hydrogen-bond acceptors (Lipinski definition) is 2. The number of hydrogen-bond donors (Lipinski definition) is 0. The molecule has 3 nitrogen and oxygen atoms in total. The van der Waals surface area contributed by atoms with Gasteiger partial charge < -0.3 is 4.57 Å². The third kappa shape index (κ3) is 2.75. The van der Waals surface area contributed by atoms with Crippen LogP contribution < -0.4 is 4.80 Å². The number of aryl methyl sites for hydroxylation is 5. The summed E-state index contributed by atoms with van der Waals surface area (Å²) in [4.78, 5) is 17.7. The van der Waals surface area contributed by atoms with E-state index in [9.17, 15) is 4.79 Å². The number of carbonyl (C=O) groups excluding carboxylic acids is 1. The highest BCUT2D eigenvalue weighted by Gasteiger charge is 2.11. The van der Waals surface area contributed by atoms with Crippen LogP contribution in [0.2, 0.25) is 0 Å². The van der Waals surface area contributed by atoms with Crippen LogP contribution in [-0.4, -0.2) is 10.5 Å². The number of fused-ring (bicyclic) bond motifs is 1. The van der Waals surface area contributed by atoms with Gasteiger partial charge in [-0.25, -0.2) is 0 Å². The van der Waals surface area contributed by atoms with Crippen LogP contribution in [0.5, 0.6) is 0 Å². The minimum atomic E-state index is -0.178. The molecule has 0 atom stereocenters. The van der Waals surface area contributed by atoms with E-state index in [4.69, 9.17) is 0 Å². The van der Waals surface area contributed by atoms with Crippen molar-refractivity contribution in [1.82, 2.24) is 4.57 Å². The highest BCUT2D eigenvalue weighted by Crippen LogP contribution is 2.23. The highest BCUT2D eigenvalue weighted by molar-refractivity contribution is 7.16. The predicted octanol–water partition coefficient (Wildman–Crippen LogP) is 4.21. The summed E-state index contributed by atoms with van der Waals surface area (Å²) in [5.74, 6) is -0.178. The van der Waals surface area contributed by atoms with E-state index in [1.165, 1.54) is 11.1 Å². The van der Waals surface area contributed by atoms with E-state index in [2.05, 4.69) is 31.0 Å². The number of rotatable bonds is 1. The van der Waals surface area contributed by atoms with Crippen molar-refractivity contribution >= 4 is 27.5 Å². The molecule has 23 heavy (non-hydrogen) atoms. The Morgan fingerprint density at radius 3 is 2.48 bits per heavy atom. The van der Waals surface area contributed by atoms with Gasteiger partial charge in [0.25, 0.3) is 5.91 Å².